The minimum atomic E-state index is -0.537. The molecule has 1 aromatic carbocycles. The smallest absolute Gasteiger partial charge is 0.263 e. The zero-order valence-corrected chi connectivity index (χ0v) is 16.4. The Morgan fingerprint density at radius 3 is 2.44 bits per heavy atom. The minimum absolute atomic E-state index is 0.0248. The van der Waals surface area contributed by atoms with Gasteiger partial charge in [0, 0.05) is 38.6 Å². The topological polar surface area (TPSA) is 75.9 Å². The van der Waals surface area contributed by atoms with E-state index < -0.39 is 6.10 Å². The summed E-state index contributed by atoms with van der Waals surface area (Å²) in [4.78, 5) is 28.9. The van der Waals surface area contributed by atoms with Gasteiger partial charge in [0.15, 0.2) is 6.10 Å². The summed E-state index contributed by atoms with van der Waals surface area (Å²) in [6.45, 7) is 6.04. The van der Waals surface area contributed by atoms with Gasteiger partial charge in [-0.2, -0.15) is 0 Å². The zero-order valence-electron chi connectivity index (χ0n) is 16.4. The molecule has 0 spiro atoms. The van der Waals surface area contributed by atoms with Crippen molar-refractivity contribution in [1.82, 2.24) is 9.80 Å². The third-order valence-electron chi connectivity index (χ3n) is 5.84. The number of hydrogen-bond donors (Lipinski definition) is 1. The normalized spacial score (nSPS) is 24.0. The number of aryl methyl sites for hydroxylation is 1. The summed E-state index contributed by atoms with van der Waals surface area (Å²) in [6, 6.07) is 7.86. The molecule has 0 aromatic heterocycles. The number of amides is 2. The Kier molecular flexibility index (Phi) is 6.37. The fraction of sp³-hybridized carbons (Fsp3) is 0.619. The molecule has 1 aliphatic carbocycles. The molecule has 2 aliphatic rings. The maximum atomic E-state index is 12.7. The van der Waals surface area contributed by atoms with Gasteiger partial charge < -0.3 is 20.3 Å². The lowest BCUT2D eigenvalue weighted by Gasteiger charge is -2.36. The van der Waals surface area contributed by atoms with Gasteiger partial charge in [0.2, 0.25) is 5.91 Å². The molecule has 1 unspecified atom stereocenters. The Morgan fingerprint density at radius 2 is 1.81 bits per heavy atom. The SMILES string of the molecule is Cc1ccccc1OC(C)C(=O)N1CCN(C(=O)C[C@@H]2CCC[C@H]2N)CC1. The van der Waals surface area contributed by atoms with E-state index in [0.717, 1.165) is 30.6 Å². The van der Waals surface area contributed by atoms with E-state index >= 15 is 0 Å². The van der Waals surface area contributed by atoms with Crippen LogP contribution >= 0.6 is 0 Å². The molecule has 0 bridgehead atoms. The van der Waals surface area contributed by atoms with Crippen LogP contribution in [0.5, 0.6) is 5.75 Å². The number of nitrogens with two attached hydrogens (primary N) is 1. The summed E-state index contributed by atoms with van der Waals surface area (Å²) >= 11 is 0. The van der Waals surface area contributed by atoms with Crippen LogP contribution in [0, 0.1) is 12.8 Å². The summed E-state index contributed by atoms with van der Waals surface area (Å²) in [6.07, 6.45) is 3.21. The van der Waals surface area contributed by atoms with Crippen LogP contribution in [0.3, 0.4) is 0 Å². The van der Waals surface area contributed by atoms with Crippen LogP contribution in [0.1, 0.15) is 38.2 Å². The second-order valence-corrected chi connectivity index (χ2v) is 7.79. The number of para-hydroxylation sites is 1. The summed E-state index contributed by atoms with van der Waals surface area (Å²) in [5.41, 5.74) is 7.10. The second kappa shape index (κ2) is 8.74. The summed E-state index contributed by atoms with van der Waals surface area (Å²) in [7, 11) is 0. The van der Waals surface area contributed by atoms with Crippen molar-refractivity contribution >= 4 is 11.8 Å². The van der Waals surface area contributed by atoms with Crippen LogP contribution in [-0.2, 0) is 9.59 Å². The Balaban J connectivity index is 1.47. The predicted octanol–water partition coefficient (Wildman–Crippen LogP) is 1.95. The molecule has 1 saturated heterocycles. The first-order chi connectivity index (χ1) is 13.0. The van der Waals surface area contributed by atoms with Crippen molar-refractivity contribution in [3.8, 4) is 5.75 Å². The molecule has 6 heteroatoms. The van der Waals surface area contributed by atoms with Gasteiger partial charge in [-0.15, -0.1) is 0 Å². The molecular weight excluding hydrogens is 342 g/mol. The summed E-state index contributed by atoms with van der Waals surface area (Å²) in [5, 5.41) is 0. The van der Waals surface area contributed by atoms with Crippen molar-refractivity contribution in [1.29, 1.82) is 0 Å². The fourth-order valence-corrected chi connectivity index (χ4v) is 4.04. The first-order valence-electron chi connectivity index (χ1n) is 10.00. The van der Waals surface area contributed by atoms with Gasteiger partial charge in [0.25, 0.3) is 5.91 Å². The van der Waals surface area contributed by atoms with Gasteiger partial charge >= 0.3 is 0 Å². The molecule has 0 radical (unpaired) electrons. The van der Waals surface area contributed by atoms with Gasteiger partial charge in [-0.25, -0.2) is 0 Å². The third kappa shape index (κ3) is 4.80. The highest BCUT2D eigenvalue weighted by Crippen LogP contribution is 2.27. The van der Waals surface area contributed by atoms with E-state index in [1.807, 2.05) is 36.1 Å². The summed E-state index contributed by atoms with van der Waals surface area (Å²) in [5.74, 6) is 1.21. The zero-order chi connectivity index (χ0) is 19.4. The van der Waals surface area contributed by atoms with Gasteiger partial charge in [0.1, 0.15) is 5.75 Å². The molecule has 148 valence electrons. The lowest BCUT2D eigenvalue weighted by atomic mass is 9.99. The number of hydrogen-bond acceptors (Lipinski definition) is 4. The number of nitrogens with zero attached hydrogens (tertiary/aromatic N) is 2. The molecule has 27 heavy (non-hydrogen) atoms. The standard InChI is InChI=1S/C21H31N3O3/c1-15-6-3-4-9-19(15)27-16(2)21(26)24-12-10-23(11-13-24)20(25)14-17-7-5-8-18(17)22/h3-4,6,9,16-18H,5,7-8,10-14,22H2,1-2H3/t16?,17-,18+/m0/s1. The first-order valence-corrected chi connectivity index (χ1v) is 10.00. The van der Waals surface area contributed by atoms with Crippen LogP contribution < -0.4 is 10.5 Å². The van der Waals surface area contributed by atoms with Crippen molar-refractivity contribution in [3.05, 3.63) is 29.8 Å². The van der Waals surface area contributed by atoms with E-state index in [-0.39, 0.29) is 17.9 Å². The number of piperazine rings is 1. The van der Waals surface area contributed by atoms with Gasteiger partial charge in [-0.3, -0.25) is 9.59 Å². The van der Waals surface area contributed by atoms with Crippen LogP contribution in [0.25, 0.3) is 0 Å². The number of ether oxygens (including phenoxy) is 1. The molecule has 2 N–H and O–H groups in total. The van der Waals surface area contributed by atoms with Crippen molar-refractivity contribution in [2.75, 3.05) is 26.2 Å². The molecule has 1 saturated carbocycles. The highest BCUT2D eigenvalue weighted by atomic mass is 16.5. The Hall–Kier alpha value is -2.08. The van der Waals surface area contributed by atoms with Crippen molar-refractivity contribution in [2.24, 2.45) is 11.7 Å². The molecule has 6 nitrogen and oxygen atoms in total. The lowest BCUT2D eigenvalue weighted by molar-refractivity contribution is -0.144. The molecule has 3 atom stereocenters. The van der Waals surface area contributed by atoms with Gasteiger partial charge in [0.05, 0.1) is 0 Å². The van der Waals surface area contributed by atoms with Crippen molar-refractivity contribution < 1.29 is 14.3 Å². The molecule has 2 amide bonds. The van der Waals surface area contributed by atoms with E-state index in [1.54, 1.807) is 11.8 Å². The van der Waals surface area contributed by atoms with E-state index in [1.165, 1.54) is 0 Å². The monoisotopic (exact) mass is 373 g/mol. The molecule has 1 aromatic rings. The largest absolute Gasteiger partial charge is 0.481 e. The highest BCUT2D eigenvalue weighted by molar-refractivity contribution is 5.82. The lowest BCUT2D eigenvalue weighted by Crippen LogP contribution is -2.53. The summed E-state index contributed by atoms with van der Waals surface area (Å²) < 4.78 is 5.85. The minimum Gasteiger partial charge on any atom is -0.481 e. The van der Waals surface area contributed by atoms with Crippen LogP contribution in [0.2, 0.25) is 0 Å². The Morgan fingerprint density at radius 1 is 1.15 bits per heavy atom. The molecular formula is C21H31N3O3. The second-order valence-electron chi connectivity index (χ2n) is 7.79. The van der Waals surface area contributed by atoms with Crippen LogP contribution in [0.4, 0.5) is 0 Å². The number of rotatable bonds is 5. The highest BCUT2D eigenvalue weighted by Gasteiger charge is 2.31. The van der Waals surface area contributed by atoms with E-state index in [9.17, 15) is 9.59 Å². The van der Waals surface area contributed by atoms with Gasteiger partial charge in [-0.1, -0.05) is 24.6 Å². The maximum absolute atomic E-state index is 12.7. The van der Waals surface area contributed by atoms with Crippen molar-refractivity contribution in [2.45, 2.75) is 51.7 Å². The predicted molar refractivity (Wildman–Crippen MR) is 104 cm³/mol. The number of carbonyl (C=O) groups is 2. The quantitative estimate of drug-likeness (QED) is 0.856. The number of carbonyl (C=O) groups excluding carboxylic acids is 2. The Labute approximate surface area is 161 Å². The van der Waals surface area contributed by atoms with E-state index in [0.29, 0.717) is 38.5 Å². The van der Waals surface area contributed by atoms with E-state index in [4.69, 9.17) is 10.5 Å². The molecule has 1 heterocycles. The van der Waals surface area contributed by atoms with Crippen LogP contribution in [0.15, 0.2) is 24.3 Å². The van der Waals surface area contributed by atoms with Crippen molar-refractivity contribution in [3.63, 3.8) is 0 Å². The van der Waals surface area contributed by atoms with E-state index in [2.05, 4.69) is 0 Å². The Bertz CT molecular complexity index is 670. The van der Waals surface area contributed by atoms with Gasteiger partial charge in [-0.05, 0) is 44.2 Å². The average molecular weight is 373 g/mol. The van der Waals surface area contributed by atoms with Crippen LogP contribution in [-0.4, -0.2) is 59.9 Å². The molecule has 1 aliphatic heterocycles. The third-order valence-corrected chi connectivity index (χ3v) is 5.84. The number of benzene rings is 1. The molecule has 2 fully saturated rings. The molecule has 3 rings (SSSR count). The maximum Gasteiger partial charge on any atom is 0.263 e. The first kappa shape index (κ1) is 19.7. The fourth-order valence-electron chi connectivity index (χ4n) is 4.04. The average Bonchev–Trinajstić information content (AvgIpc) is 3.07.